The zero-order chi connectivity index (χ0) is 13.0. The molecule has 3 heteroatoms. The van der Waals surface area contributed by atoms with Gasteiger partial charge in [0.2, 0.25) is 0 Å². The van der Waals surface area contributed by atoms with Gasteiger partial charge in [0.15, 0.2) is 0 Å². The number of rotatable bonds is 7. The smallest absolute Gasteiger partial charge is 0.0544 e. The maximum Gasteiger partial charge on any atom is 0.0544 e. The molecule has 100 valence electrons. The van der Waals surface area contributed by atoms with Crippen LogP contribution < -0.4 is 5.73 Å². The van der Waals surface area contributed by atoms with E-state index in [2.05, 4.69) is 35.9 Å². The highest BCUT2D eigenvalue weighted by molar-refractivity contribution is 5.14. The molecule has 18 heavy (non-hydrogen) atoms. The Labute approximate surface area is 110 Å². The van der Waals surface area contributed by atoms with Gasteiger partial charge < -0.3 is 5.73 Å². The van der Waals surface area contributed by atoms with Crippen molar-refractivity contribution in [2.24, 2.45) is 11.7 Å². The summed E-state index contributed by atoms with van der Waals surface area (Å²) in [5.74, 6) is 0.777. The first-order valence-corrected chi connectivity index (χ1v) is 7.07. The van der Waals surface area contributed by atoms with Gasteiger partial charge in [0, 0.05) is 25.3 Å². The molecule has 2 N–H and O–H groups in total. The molecule has 2 rings (SSSR count). The third-order valence-electron chi connectivity index (χ3n) is 3.54. The van der Waals surface area contributed by atoms with E-state index in [4.69, 9.17) is 5.73 Å². The molecule has 1 fully saturated rings. The second-order valence-electron chi connectivity index (χ2n) is 5.75. The molecule has 0 spiro atoms. The first kappa shape index (κ1) is 13.5. The van der Waals surface area contributed by atoms with E-state index in [0.29, 0.717) is 6.54 Å². The van der Waals surface area contributed by atoms with Crippen molar-refractivity contribution in [2.75, 3.05) is 6.54 Å². The number of nitrogens with zero attached hydrogens (tertiary/aromatic N) is 2. The number of hydrogen-bond acceptors (Lipinski definition) is 3. The SMILES string of the molecule is CC(C)CCN(Cc1ccc(CN)cn1)C1CC1. The van der Waals surface area contributed by atoms with Crippen LogP contribution >= 0.6 is 0 Å². The summed E-state index contributed by atoms with van der Waals surface area (Å²) in [6.45, 7) is 7.34. The van der Waals surface area contributed by atoms with E-state index in [0.717, 1.165) is 24.1 Å². The summed E-state index contributed by atoms with van der Waals surface area (Å²) >= 11 is 0. The van der Waals surface area contributed by atoms with Gasteiger partial charge in [-0.2, -0.15) is 0 Å². The topological polar surface area (TPSA) is 42.1 Å². The van der Waals surface area contributed by atoms with E-state index in [9.17, 15) is 0 Å². The fraction of sp³-hybridized carbons (Fsp3) is 0.667. The molecule has 1 aromatic rings. The third-order valence-corrected chi connectivity index (χ3v) is 3.54. The van der Waals surface area contributed by atoms with E-state index < -0.39 is 0 Å². The first-order chi connectivity index (χ1) is 8.69. The van der Waals surface area contributed by atoms with Gasteiger partial charge in [0.1, 0.15) is 0 Å². The maximum atomic E-state index is 5.59. The predicted molar refractivity (Wildman–Crippen MR) is 75.0 cm³/mol. The fourth-order valence-corrected chi connectivity index (χ4v) is 2.13. The van der Waals surface area contributed by atoms with Gasteiger partial charge in [-0.05, 0) is 43.4 Å². The molecule has 0 saturated heterocycles. The molecule has 0 amide bonds. The third kappa shape index (κ3) is 4.07. The molecule has 1 aliphatic carbocycles. The number of hydrogen-bond donors (Lipinski definition) is 1. The quantitative estimate of drug-likeness (QED) is 0.805. The van der Waals surface area contributed by atoms with Crippen molar-refractivity contribution < 1.29 is 0 Å². The van der Waals surface area contributed by atoms with Crippen molar-refractivity contribution in [1.82, 2.24) is 9.88 Å². The Morgan fingerprint density at radius 2 is 2.17 bits per heavy atom. The van der Waals surface area contributed by atoms with Crippen LogP contribution in [0.1, 0.15) is 44.4 Å². The average Bonchev–Trinajstić information content (AvgIpc) is 3.19. The lowest BCUT2D eigenvalue weighted by Crippen LogP contribution is -2.28. The summed E-state index contributed by atoms with van der Waals surface area (Å²) in [4.78, 5) is 7.09. The Hall–Kier alpha value is -0.930. The maximum absolute atomic E-state index is 5.59. The predicted octanol–water partition coefficient (Wildman–Crippen LogP) is 2.55. The van der Waals surface area contributed by atoms with Gasteiger partial charge >= 0.3 is 0 Å². The highest BCUT2D eigenvalue weighted by atomic mass is 15.2. The standard InChI is InChI=1S/C15H25N3/c1-12(2)7-8-18(15-5-6-15)11-14-4-3-13(9-16)10-17-14/h3-4,10,12,15H,5-9,11,16H2,1-2H3. The highest BCUT2D eigenvalue weighted by Gasteiger charge is 2.28. The summed E-state index contributed by atoms with van der Waals surface area (Å²) < 4.78 is 0. The van der Waals surface area contributed by atoms with Gasteiger partial charge in [-0.1, -0.05) is 19.9 Å². The fourth-order valence-electron chi connectivity index (χ4n) is 2.13. The lowest BCUT2D eigenvalue weighted by atomic mass is 10.1. The van der Waals surface area contributed by atoms with Crippen molar-refractivity contribution >= 4 is 0 Å². The largest absolute Gasteiger partial charge is 0.326 e. The summed E-state index contributed by atoms with van der Waals surface area (Å²) in [5.41, 5.74) is 7.87. The van der Waals surface area contributed by atoms with E-state index >= 15 is 0 Å². The van der Waals surface area contributed by atoms with Gasteiger partial charge in [-0.25, -0.2) is 0 Å². The Morgan fingerprint density at radius 1 is 1.39 bits per heavy atom. The van der Waals surface area contributed by atoms with Crippen LogP contribution in [0.25, 0.3) is 0 Å². The second kappa shape index (κ2) is 6.30. The minimum absolute atomic E-state index is 0.576. The van der Waals surface area contributed by atoms with E-state index in [-0.39, 0.29) is 0 Å². The van der Waals surface area contributed by atoms with Crippen LogP contribution in [0, 0.1) is 5.92 Å². The minimum Gasteiger partial charge on any atom is -0.326 e. The molecular formula is C15H25N3. The van der Waals surface area contributed by atoms with E-state index in [1.807, 2.05) is 6.20 Å². The molecule has 1 saturated carbocycles. The molecule has 1 heterocycles. The monoisotopic (exact) mass is 247 g/mol. The zero-order valence-electron chi connectivity index (χ0n) is 11.6. The Balaban J connectivity index is 1.90. The van der Waals surface area contributed by atoms with Gasteiger partial charge in [-0.15, -0.1) is 0 Å². The lowest BCUT2D eigenvalue weighted by molar-refractivity contribution is 0.237. The molecule has 1 aliphatic rings. The van der Waals surface area contributed by atoms with Crippen LogP contribution in [0.3, 0.4) is 0 Å². The van der Waals surface area contributed by atoms with Crippen molar-refractivity contribution in [1.29, 1.82) is 0 Å². The summed E-state index contributed by atoms with van der Waals surface area (Å²) in [7, 11) is 0. The number of nitrogens with two attached hydrogens (primary N) is 1. The van der Waals surface area contributed by atoms with Crippen molar-refractivity contribution in [3.05, 3.63) is 29.6 Å². The van der Waals surface area contributed by atoms with Crippen molar-refractivity contribution in [2.45, 2.75) is 52.2 Å². The average molecular weight is 247 g/mol. The van der Waals surface area contributed by atoms with E-state index in [1.54, 1.807) is 0 Å². The Bertz CT molecular complexity index is 355. The first-order valence-electron chi connectivity index (χ1n) is 7.07. The zero-order valence-corrected chi connectivity index (χ0v) is 11.6. The highest BCUT2D eigenvalue weighted by Crippen LogP contribution is 2.28. The summed E-state index contributed by atoms with van der Waals surface area (Å²) in [5, 5.41) is 0. The molecule has 0 unspecified atom stereocenters. The number of aromatic nitrogens is 1. The van der Waals surface area contributed by atoms with Crippen molar-refractivity contribution in [3.8, 4) is 0 Å². The normalized spacial score (nSPS) is 15.6. The minimum atomic E-state index is 0.576. The molecule has 3 nitrogen and oxygen atoms in total. The van der Waals surface area contributed by atoms with E-state index in [1.165, 1.54) is 31.5 Å². The van der Waals surface area contributed by atoms with Crippen LogP contribution in [0.2, 0.25) is 0 Å². The van der Waals surface area contributed by atoms with Crippen LogP contribution in [0.5, 0.6) is 0 Å². The van der Waals surface area contributed by atoms with Crippen LogP contribution in [-0.4, -0.2) is 22.5 Å². The van der Waals surface area contributed by atoms with Crippen LogP contribution in [0.15, 0.2) is 18.3 Å². The molecule has 0 radical (unpaired) electrons. The summed E-state index contributed by atoms with van der Waals surface area (Å²) in [6, 6.07) is 5.02. The van der Waals surface area contributed by atoms with Crippen LogP contribution in [-0.2, 0) is 13.1 Å². The number of pyridine rings is 1. The Kier molecular flexibility index (Phi) is 4.72. The molecule has 0 aliphatic heterocycles. The lowest BCUT2D eigenvalue weighted by Gasteiger charge is -2.22. The van der Waals surface area contributed by atoms with Gasteiger partial charge in [0.05, 0.1) is 5.69 Å². The summed E-state index contributed by atoms with van der Waals surface area (Å²) in [6.07, 6.45) is 5.90. The Morgan fingerprint density at radius 3 is 2.67 bits per heavy atom. The molecule has 0 atom stereocenters. The second-order valence-corrected chi connectivity index (χ2v) is 5.75. The molecule has 0 aromatic carbocycles. The van der Waals surface area contributed by atoms with Crippen molar-refractivity contribution in [3.63, 3.8) is 0 Å². The van der Waals surface area contributed by atoms with Gasteiger partial charge in [-0.3, -0.25) is 9.88 Å². The molecule has 0 bridgehead atoms. The molecule has 1 aromatic heterocycles. The van der Waals surface area contributed by atoms with Gasteiger partial charge in [0.25, 0.3) is 0 Å². The molecular weight excluding hydrogens is 222 g/mol. The van der Waals surface area contributed by atoms with Crippen LogP contribution in [0.4, 0.5) is 0 Å².